The zero-order chi connectivity index (χ0) is 34.6. The lowest BCUT2D eigenvalue weighted by Gasteiger charge is -2.36. The van der Waals surface area contributed by atoms with Crippen LogP contribution in [0.4, 0.5) is 18.9 Å². The zero-order valence-corrected chi connectivity index (χ0v) is 24.8. The van der Waals surface area contributed by atoms with Crippen molar-refractivity contribution in [3.63, 3.8) is 0 Å². The predicted molar refractivity (Wildman–Crippen MR) is 154 cm³/mol. The molecular formula is C28H30ClF3N4O10. The van der Waals surface area contributed by atoms with Crippen LogP contribution in [0.15, 0.2) is 42.5 Å². The quantitative estimate of drug-likeness (QED) is 0.288. The lowest BCUT2D eigenvalue weighted by molar-refractivity contribution is -0.159. The van der Waals surface area contributed by atoms with Crippen molar-refractivity contribution in [2.24, 2.45) is 0 Å². The van der Waals surface area contributed by atoms with Crippen molar-refractivity contribution >= 4 is 53.0 Å². The Kier molecular flexibility index (Phi) is 13.9. The molecule has 0 unspecified atom stereocenters. The number of carboxylic acid groups (broad SMARTS) is 4. The second-order valence-electron chi connectivity index (χ2n) is 9.85. The van der Waals surface area contributed by atoms with E-state index in [0.29, 0.717) is 39.3 Å². The number of fused-ring (bicyclic) bond motifs is 1. The molecule has 2 aromatic rings. The number of carbonyl (C=O) groups excluding carboxylic acids is 2. The van der Waals surface area contributed by atoms with Gasteiger partial charge >= 0.3 is 30.1 Å². The molecule has 2 heterocycles. The third kappa shape index (κ3) is 12.3. The maximum atomic E-state index is 13.0. The van der Waals surface area contributed by atoms with E-state index in [0.717, 1.165) is 25.1 Å². The van der Waals surface area contributed by atoms with Gasteiger partial charge in [-0.3, -0.25) is 19.4 Å². The summed E-state index contributed by atoms with van der Waals surface area (Å²) in [5, 5.41) is 31.7. The standard InChI is InChI=1S/C24H26ClF3N4O2.2C2H2O4/c25-21-6-5-19(13-20(21)24(26,27)28)29-22(33)15-30-9-11-31(12-10-30)16-23(34)32-8-7-17-3-1-2-4-18(17)14-32;2*3-1(4)2(5)6/h1-6,13H,7-12,14-16H2,(H,29,33);2*(H,3,4)(H,5,6). The number of carboxylic acids is 4. The van der Waals surface area contributed by atoms with Crippen molar-refractivity contribution in [2.75, 3.05) is 51.1 Å². The first kappa shape index (κ1) is 37.4. The molecule has 2 aliphatic rings. The predicted octanol–water partition coefficient (Wildman–Crippen LogP) is 1.81. The van der Waals surface area contributed by atoms with Crippen molar-refractivity contribution in [2.45, 2.75) is 19.1 Å². The van der Waals surface area contributed by atoms with Crippen molar-refractivity contribution in [3.8, 4) is 0 Å². The molecule has 0 bridgehead atoms. The summed E-state index contributed by atoms with van der Waals surface area (Å²) in [5.74, 6) is -7.59. The van der Waals surface area contributed by atoms with E-state index in [1.165, 1.54) is 17.2 Å². The summed E-state index contributed by atoms with van der Waals surface area (Å²) in [6.07, 6.45) is -3.73. The molecule has 1 fully saturated rings. The summed E-state index contributed by atoms with van der Waals surface area (Å²) < 4.78 is 39.0. The van der Waals surface area contributed by atoms with Crippen LogP contribution in [0.2, 0.25) is 5.02 Å². The highest BCUT2D eigenvalue weighted by Gasteiger charge is 2.33. The molecule has 2 aliphatic heterocycles. The third-order valence-electron chi connectivity index (χ3n) is 6.60. The molecule has 2 amide bonds. The number of hydrogen-bond acceptors (Lipinski definition) is 8. The highest BCUT2D eigenvalue weighted by Crippen LogP contribution is 2.36. The minimum atomic E-state index is -4.59. The maximum Gasteiger partial charge on any atom is 0.417 e. The van der Waals surface area contributed by atoms with Crippen LogP contribution in [0, 0.1) is 0 Å². The number of alkyl halides is 3. The lowest BCUT2D eigenvalue weighted by Crippen LogP contribution is -2.51. The van der Waals surface area contributed by atoms with Crippen LogP contribution in [0.5, 0.6) is 0 Å². The number of piperazine rings is 1. The second kappa shape index (κ2) is 17.1. The van der Waals surface area contributed by atoms with E-state index in [1.807, 2.05) is 21.9 Å². The minimum Gasteiger partial charge on any atom is -0.473 e. The number of amides is 2. The Labute approximate surface area is 264 Å². The van der Waals surface area contributed by atoms with E-state index in [1.54, 1.807) is 0 Å². The Morgan fingerprint density at radius 3 is 1.74 bits per heavy atom. The van der Waals surface area contributed by atoms with Gasteiger partial charge in [0.25, 0.3) is 0 Å². The molecule has 0 radical (unpaired) electrons. The average molecular weight is 675 g/mol. The van der Waals surface area contributed by atoms with E-state index in [-0.39, 0.29) is 18.1 Å². The number of halogens is 4. The van der Waals surface area contributed by atoms with Gasteiger partial charge in [0.2, 0.25) is 11.8 Å². The second-order valence-corrected chi connectivity index (χ2v) is 10.3. The van der Waals surface area contributed by atoms with Gasteiger partial charge in [-0.25, -0.2) is 19.2 Å². The average Bonchev–Trinajstić information content (AvgIpc) is 2.98. The van der Waals surface area contributed by atoms with Crippen LogP contribution in [0.1, 0.15) is 16.7 Å². The number of aliphatic carboxylic acids is 4. The van der Waals surface area contributed by atoms with Gasteiger partial charge in [0, 0.05) is 45.0 Å². The van der Waals surface area contributed by atoms with Crippen molar-refractivity contribution in [1.29, 1.82) is 0 Å². The number of carbonyl (C=O) groups is 6. The van der Waals surface area contributed by atoms with E-state index in [2.05, 4.69) is 22.3 Å². The summed E-state index contributed by atoms with van der Waals surface area (Å²) >= 11 is 5.62. The first-order valence-corrected chi connectivity index (χ1v) is 13.7. The van der Waals surface area contributed by atoms with E-state index in [9.17, 15) is 22.8 Å². The molecule has 0 spiro atoms. The fraction of sp³-hybridized carbons (Fsp3) is 0.357. The molecule has 14 nitrogen and oxygen atoms in total. The van der Waals surface area contributed by atoms with Gasteiger partial charge in [-0.1, -0.05) is 35.9 Å². The van der Waals surface area contributed by atoms with Gasteiger partial charge in [-0.05, 0) is 35.7 Å². The highest BCUT2D eigenvalue weighted by molar-refractivity contribution is 6.31. The maximum absolute atomic E-state index is 13.0. The van der Waals surface area contributed by atoms with Crippen LogP contribution in [-0.4, -0.2) is 117 Å². The van der Waals surface area contributed by atoms with Gasteiger partial charge in [0.05, 0.1) is 23.7 Å². The van der Waals surface area contributed by atoms with Crippen LogP contribution in [0.25, 0.3) is 0 Å². The summed E-state index contributed by atoms with van der Waals surface area (Å²) in [6.45, 7) is 4.23. The number of nitrogens with one attached hydrogen (secondary N) is 1. The molecule has 5 N–H and O–H groups in total. The van der Waals surface area contributed by atoms with Gasteiger partial charge in [0.1, 0.15) is 0 Å². The molecule has 4 rings (SSSR count). The number of nitrogens with zero attached hydrogens (tertiary/aromatic N) is 3. The fourth-order valence-corrected chi connectivity index (χ4v) is 4.55. The SMILES string of the molecule is O=C(CN1CCN(CC(=O)N2CCc3ccccc3C2)CC1)Nc1ccc(Cl)c(C(F)(F)F)c1.O=C(O)C(=O)O.O=C(O)C(=O)O. The van der Waals surface area contributed by atoms with Crippen LogP contribution < -0.4 is 5.32 Å². The summed E-state index contributed by atoms with van der Waals surface area (Å²) in [6, 6.07) is 11.5. The van der Waals surface area contributed by atoms with Crippen molar-refractivity contribution in [1.82, 2.24) is 14.7 Å². The molecule has 46 heavy (non-hydrogen) atoms. The number of anilines is 1. The molecule has 18 heteroatoms. The largest absolute Gasteiger partial charge is 0.473 e. The molecule has 250 valence electrons. The van der Waals surface area contributed by atoms with Gasteiger partial charge < -0.3 is 30.6 Å². The molecule has 1 saturated heterocycles. The summed E-state index contributed by atoms with van der Waals surface area (Å²) in [5.41, 5.74) is 1.56. The van der Waals surface area contributed by atoms with Crippen LogP contribution >= 0.6 is 11.6 Å². The van der Waals surface area contributed by atoms with Crippen LogP contribution in [-0.2, 0) is 47.9 Å². The topological polar surface area (TPSA) is 205 Å². The van der Waals surface area contributed by atoms with Crippen molar-refractivity contribution in [3.05, 3.63) is 64.2 Å². The Morgan fingerprint density at radius 1 is 0.739 bits per heavy atom. The summed E-state index contributed by atoms with van der Waals surface area (Å²) in [4.78, 5) is 67.4. The van der Waals surface area contributed by atoms with E-state index < -0.39 is 46.5 Å². The Morgan fingerprint density at radius 2 is 1.24 bits per heavy atom. The minimum absolute atomic E-state index is 0.0501. The Bertz CT molecular complexity index is 1400. The number of rotatable bonds is 5. The summed E-state index contributed by atoms with van der Waals surface area (Å²) in [7, 11) is 0. The first-order valence-electron chi connectivity index (χ1n) is 13.4. The molecule has 0 aliphatic carbocycles. The lowest BCUT2D eigenvalue weighted by atomic mass is 10.00. The Balaban J connectivity index is 0.000000522. The zero-order valence-electron chi connectivity index (χ0n) is 24.0. The third-order valence-corrected chi connectivity index (χ3v) is 6.93. The Hall–Kier alpha value is -4.74. The van der Waals surface area contributed by atoms with E-state index in [4.69, 9.17) is 51.2 Å². The number of hydrogen-bond donors (Lipinski definition) is 5. The molecule has 0 atom stereocenters. The molecule has 0 aromatic heterocycles. The van der Waals surface area contributed by atoms with Gasteiger partial charge in [0.15, 0.2) is 0 Å². The smallest absolute Gasteiger partial charge is 0.417 e. The fourth-order valence-electron chi connectivity index (χ4n) is 4.33. The first-order chi connectivity index (χ1) is 21.5. The normalized spacial score (nSPS) is 14.7. The monoisotopic (exact) mass is 674 g/mol. The van der Waals surface area contributed by atoms with Gasteiger partial charge in [-0.2, -0.15) is 13.2 Å². The molecule has 2 aromatic carbocycles. The molecular weight excluding hydrogens is 645 g/mol. The van der Waals surface area contributed by atoms with Gasteiger partial charge in [-0.15, -0.1) is 0 Å². The van der Waals surface area contributed by atoms with E-state index >= 15 is 0 Å². The van der Waals surface area contributed by atoms with Crippen LogP contribution in [0.3, 0.4) is 0 Å². The van der Waals surface area contributed by atoms with Crippen molar-refractivity contribution < 1.29 is 62.4 Å². The molecule has 0 saturated carbocycles. The number of benzene rings is 2. The highest BCUT2D eigenvalue weighted by atomic mass is 35.5.